The number of nitrogens with zero attached hydrogens (tertiary/aromatic N) is 2. The Morgan fingerprint density at radius 2 is 2.00 bits per heavy atom. The van der Waals surface area contributed by atoms with E-state index in [4.69, 9.17) is 0 Å². The molecule has 2 N–H and O–H groups in total. The van der Waals surface area contributed by atoms with E-state index >= 15 is 0 Å². The molecule has 1 atom stereocenters. The first-order valence-electron chi connectivity index (χ1n) is 7.93. The van der Waals surface area contributed by atoms with Gasteiger partial charge in [0.2, 0.25) is 0 Å². The number of hydrogen-bond acceptors (Lipinski definition) is 4. The Balaban J connectivity index is 1.94. The standard InChI is InChI=1S/C18H21N3O2S/c1-10(2)16-13-9-15(24-18(13)21(4)20-16)17(23)19-14-8-6-5-7-12(14)11(3)22/h5-11,22H,1-4H3,(H,19,23). The number of anilines is 1. The summed E-state index contributed by atoms with van der Waals surface area (Å²) in [5, 5.41) is 18.3. The molecule has 0 saturated carbocycles. The highest BCUT2D eigenvalue weighted by Gasteiger charge is 2.19. The number of amides is 1. The van der Waals surface area contributed by atoms with E-state index in [1.807, 2.05) is 36.0 Å². The summed E-state index contributed by atoms with van der Waals surface area (Å²) in [6, 6.07) is 9.20. The molecule has 3 aromatic rings. The van der Waals surface area contributed by atoms with Crippen LogP contribution in [0.4, 0.5) is 5.69 Å². The minimum absolute atomic E-state index is 0.168. The minimum atomic E-state index is -0.638. The Morgan fingerprint density at radius 1 is 1.29 bits per heavy atom. The number of aromatic nitrogens is 2. The Kier molecular flexibility index (Phi) is 4.43. The van der Waals surface area contributed by atoms with Gasteiger partial charge in [-0.2, -0.15) is 5.10 Å². The minimum Gasteiger partial charge on any atom is -0.389 e. The molecule has 0 aliphatic rings. The topological polar surface area (TPSA) is 67.2 Å². The summed E-state index contributed by atoms with van der Waals surface area (Å²) in [6.07, 6.45) is -0.638. The van der Waals surface area contributed by atoms with Gasteiger partial charge in [-0.3, -0.25) is 9.48 Å². The highest BCUT2D eigenvalue weighted by atomic mass is 32.1. The van der Waals surface area contributed by atoms with Crippen LogP contribution in [0.3, 0.4) is 0 Å². The molecule has 0 fully saturated rings. The molecule has 2 aromatic heterocycles. The number of aryl methyl sites for hydroxylation is 1. The zero-order chi connectivity index (χ0) is 17.4. The molecule has 0 radical (unpaired) electrons. The van der Waals surface area contributed by atoms with E-state index in [2.05, 4.69) is 24.3 Å². The predicted octanol–water partition coefficient (Wildman–Crippen LogP) is 4.06. The molecule has 0 aliphatic carbocycles. The van der Waals surface area contributed by atoms with Crippen LogP contribution in [0.1, 0.15) is 53.7 Å². The van der Waals surface area contributed by atoms with Crippen LogP contribution in [0, 0.1) is 0 Å². The summed E-state index contributed by atoms with van der Waals surface area (Å²) in [7, 11) is 1.90. The lowest BCUT2D eigenvalue weighted by atomic mass is 10.1. The van der Waals surface area contributed by atoms with Crippen molar-refractivity contribution in [2.75, 3.05) is 5.32 Å². The first-order valence-corrected chi connectivity index (χ1v) is 8.75. The second-order valence-corrected chi connectivity index (χ2v) is 7.24. The number of benzene rings is 1. The molecule has 1 amide bonds. The van der Waals surface area contributed by atoms with Gasteiger partial charge in [0, 0.05) is 23.7 Å². The molecule has 1 unspecified atom stereocenters. The number of thiophene rings is 1. The second-order valence-electron chi connectivity index (χ2n) is 6.21. The van der Waals surface area contributed by atoms with Gasteiger partial charge < -0.3 is 10.4 Å². The lowest BCUT2D eigenvalue weighted by Gasteiger charge is -2.12. The van der Waals surface area contributed by atoms with Crippen LogP contribution < -0.4 is 5.32 Å². The first kappa shape index (κ1) is 16.7. The number of nitrogens with one attached hydrogen (secondary N) is 1. The van der Waals surface area contributed by atoms with Crippen LogP contribution in [0.2, 0.25) is 0 Å². The van der Waals surface area contributed by atoms with Crippen molar-refractivity contribution in [2.45, 2.75) is 32.8 Å². The molecular weight excluding hydrogens is 322 g/mol. The summed E-state index contributed by atoms with van der Waals surface area (Å²) in [5.41, 5.74) is 2.35. The zero-order valence-corrected chi connectivity index (χ0v) is 15.0. The summed E-state index contributed by atoms with van der Waals surface area (Å²) in [5.74, 6) is 0.134. The van der Waals surface area contributed by atoms with Gasteiger partial charge >= 0.3 is 0 Å². The third-order valence-electron chi connectivity index (χ3n) is 3.97. The number of rotatable bonds is 4. The molecule has 0 bridgehead atoms. The predicted molar refractivity (Wildman–Crippen MR) is 97.7 cm³/mol. The van der Waals surface area contributed by atoms with Crippen molar-refractivity contribution in [1.29, 1.82) is 0 Å². The third kappa shape index (κ3) is 2.95. The Labute approximate surface area is 144 Å². The number of fused-ring (bicyclic) bond motifs is 1. The lowest BCUT2D eigenvalue weighted by Crippen LogP contribution is -2.12. The molecule has 0 aliphatic heterocycles. The van der Waals surface area contributed by atoms with Crippen molar-refractivity contribution < 1.29 is 9.90 Å². The van der Waals surface area contributed by atoms with E-state index in [-0.39, 0.29) is 5.91 Å². The normalized spacial score (nSPS) is 12.8. The maximum absolute atomic E-state index is 12.6. The Morgan fingerprint density at radius 3 is 2.67 bits per heavy atom. The monoisotopic (exact) mass is 343 g/mol. The summed E-state index contributed by atoms with van der Waals surface area (Å²) in [6.45, 7) is 5.88. The molecule has 3 rings (SSSR count). The van der Waals surface area contributed by atoms with E-state index in [1.165, 1.54) is 11.3 Å². The van der Waals surface area contributed by atoms with Gasteiger partial charge in [0.05, 0.1) is 16.7 Å². The van der Waals surface area contributed by atoms with Crippen molar-refractivity contribution in [2.24, 2.45) is 7.05 Å². The quantitative estimate of drug-likeness (QED) is 0.750. The lowest BCUT2D eigenvalue weighted by molar-refractivity contribution is 0.103. The molecule has 5 nitrogen and oxygen atoms in total. The van der Waals surface area contributed by atoms with Crippen molar-refractivity contribution in [3.63, 3.8) is 0 Å². The van der Waals surface area contributed by atoms with E-state index in [0.29, 0.717) is 22.0 Å². The number of carbonyl (C=O) groups is 1. The third-order valence-corrected chi connectivity index (χ3v) is 5.17. The highest BCUT2D eigenvalue weighted by Crippen LogP contribution is 2.32. The molecule has 6 heteroatoms. The fraction of sp³-hybridized carbons (Fsp3) is 0.333. The van der Waals surface area contributed by atoms with Gasteiger partial charge in [-0.1, -0.05) is 32.0 Å². The maximum atomic E-state index is 12.6. The first-order chi connectivity index (χ1) is 11.4. The largest absolute Gasteiger partial charge is 0.389 e. The second kappa shape index (κ2) is 6.37. The molecule has 126 valence electrons. The number of hydrogen-bond donors (Lipinski definition) is 2. The van der Waals surface area contributed by atoms with Crippen molar-refractivity contribution in [1.82, 2.24) is 9.78 Å². The van der Waals surface area contributed by atoms with Gasteiger partial charge in [0.15, 0.2) is 0 Å². The molecule has 1 aromatic carbocycles. The van der Waals surface area contributed by atoms with Gasteiger partial charge in [0.25, 0.3) is 5.91 Å². The van der Waals surface area contributed by atoms with Crippen LogP contribution in [0.5, 0.6) is 0 Å². The number of aliphatic hydroxyl groups is 1. The van der Waals surface area contributed by atoms with Crippen LogP contribution in [0.25, 0.3) is 10.2 Å². The van der Waals surface area contributed by atoms with Crippen LogP contribution >= 0.6 is 11.3 Å². The van der Waals surface area contributed by atoms with Crippen molar-refractivity contribution in [3.05, 3.63) is 46.5 Å². The fourth-order valence-electron chi connectivity index (χ4n) is 2.76. The number of para-hydroxylation sites is 1. The van der Waals surface area contributed by atoms with Gasteiger partial charge in [-0.05, 0) is 25.0 Å². The molecule has 2 heterocycles. The van der Waals surface area contributed by atoms with Gasteiger partial charge in [-0.25, -0.2) is 0 Å². The van der Waals surface area contributed by atoms with Crippen LogP contribution in [0.15, 0.2) is 30.3 Å². The smallest absolute Gasteiger partial charge is 0.265 e. The summed E-state index contributed by atoms with van der Waals surface area (Å²) >= 11 is 1.43. The molecular formula is C18H21N3O2S. The van der Waals surface area contributed by atoms with E-state index in [1.54, 1.807) is 13.0 Å². The summed E-state index contributed by atoms with van der Waals surface area (Å²) in [4.78, 5) is 14.3. The van der Waals surface area contributed by atoms with E-state index < -0.39 is 6.10 Å². The van der Waals surface area contributed by atoms with Crippen molar-refractivity contribution >= 4 is 33.1 Å². The molecule has 0 spiro atoms. The average molecular weight is 343 g/mol. The fourth-order valence-corrected chi connectivity index (χ4v) is 3.74. The van der Waals surface area contributed by atoms with E-state index in [9.17, 15) is 9.90 Å². The van der Waals surface area contributed by atoms with Gasteiger partial charge in [0.1, 0.15) is 4.83 Å². The van der Waals surface area contributed by atoms with Crippen LogP contribution in [-0.2, 0) is 7.05 Å². The molecule has 24 heavy (non-hydrogen) atoms. The average Bonchev–Trinajstić information content (AvgIpc) is 3.08. The SMILES string of the molecule is CC(C)c1nn(C)c2sc(C(=O)Nc3ccccc3C(C)O)cc12. The Hall–Kier alpha value is -2.18. The van der Waals surface area contributed by atoms with E-state index in [0.717, 1.165) is 15.9 Å². The van der Waals surface area contributed by atoms with Crippen molar-refractivity contribution in [3.8, 4) is 0 Å². The summed E-state index contributed by atoms with van der Waals surface area (Å²) < 4.78 is 1.83. The number of aliphatic hydroxyl groups excluding tert-OH is 1. The highest BCUT2D eigenvalue weighted by molar-refractivity contribution is 7.20. The Bertz CT molecular complexity index is 893. The maximum Gasteiger partial charge on any atom is 0.265 e. The molecule has 0 saturated heterocycles. The number of carbonyl (C=O) groups excluding carboxylic acids is 1. The zero-order valence-electron chi connectivity index (χ0n) is 14.2. The van der Waals surface area contributed by atoms with Gasteiger partial charge in [-0.15, -0.1) is 11.3 Å². The van der Waals surface area contributed by atoms with Crippen LogP contribution in [-0.4, -0.2) is 20.8 Å².